The predicted molar refractivity (Wildman–Crippen MR) is 88.2 cm³/mol. The Balaban J connectivity index is 1.52. The fourth-order valence-electron chi connectivity index (χ4n) is 3.39. The van der Waals surface area contributed by atoms with Gasteiger partial charge in [-0.05, 0) is 44.2 Å². The van der Waals surface area contributed by atoms with E-state index in [2.05, 4.69) is 40.1 Å². The van der Waals surface area contributed by atoms with Crippen LogP contribution in [0.5, 0.6) is 0 Å². The van der Waals surface area contributed by atoms with E-state index < -0.39 is 0 Å². The van der Waals surface area contributed by atoms with Crippen molar-refractivity contribution < 1.29 is 4.79 Å². The second kappa shape index (κ2) is 6.80. The van der Waals surface area contributed by atoms with Crippen molar-refractivity contribution in [1.29, 1.82) is 0 Å². The van der Waals surface area contributed by atoms with E-state index >= 15 is 0 Å². The van der Waals surface area contributed by atoms with Gasteiger partial charge in [0.25, 0.3) is 0 Å². The van der Waals surface area contributed by atoms with E-state index in [1.807, 2.05) is 0 Å². The molecule has 0 spiro atoms. The summed E-state index contributed by atoms with van der Waals surface area (Å²) in [6, 6.07) is 10.7. The molecule has 2 fully saturated rings. The summed E-state index contributed by atoms with van der Waals surface area (Å²) in [5, 5.41) is 0. The zero-order valence-corrected chi connectivity index (χ0v) is 13.4. The van der Waals surface area contributed by atoms with Crippen LogP contribution in [0, 0.1) is 5.92 Å². The fraction of sp³-hybridized carbons (Fsp3) is 0.611. The molecule has 4 heteroatoms. The molecule has 2 atom stereocenters. The molecule has 0 bridgehead atoms. The van der Waals surface area contributed by atoms with Gasteiger partial charge >= 0.3 is 0 Å². The van der Waals surface area contributed by atoms with Gasteiger partial charge in [-0.1, -0.05) is 30.3 Å². The van der Waals surface area contributed by atoms with Crippen LogP contribution in [-0.2, 0) is 11.3 Å². The molecule has 1 amide bonds. The molecule has 120 valence electrons. The monoisotopic (exact) mass is 301 g/mol. The fourth-order valence-corrected chi connectivity index (χ4v) is 3.39. The second-order valence-corrected chi connectivity index (χ2v) is 6.89. The number of hydrogen-bond acceptors (Lipinski definition) is 3. The number of amides is 1. The first-order valence-electron chi connectivity index (χ1n) is 8.46. The first-order chi connectivity index (χ1) is 10.6. The van der Waals surface area contributed by atoms with Gasteiger partial charge in [0.2, 0.25) is 5.91 Å². The Labute approximate surface area is 133 Å². The Morgan fingerprint density at radius 1 is 1.32 bits per heavy atom. The Kier molecular flexibility index (Phi) is 4.79. The molecule has 1 saturated heterocycles. The van der Waals surface area contributed by atoms with Crippen LogP contribution in [0.1, 0.15) is 31.7 Å². The quantitative estimate of drug-likeness (QED) is 0.872. The van der Waals surface area contributed by atoms with E-state index in [4.69, 9.17) is 5.73 Å². The lowest BCUT2D eigenvalue weighted by atomic mass is 10.1. The lowest BCUT2D eigenvalue weighted by Gasteiger charge is -2.27. The SMILES string of the molecule is C[C@H](N)C(=O)N(CC1CCN(Cc2ccccc2)C1)C1CC1. The molecule has 1 saturated carbocycles. The molecule has 0 aromatic heterocycles. The van der Waals surface area contributed by atoms with Crippen molar-refractivity contribution in [2.75, 3.05) is 19.6 Å². The minimum Gasteiger partial charge on any atom is -0.338 e. The average molecular weight is 301 g/mol. The van der Waals surface area contributed by atoms with Crippen molar-refractivity contribution in [3.05, 3.63) is 35.9 Å². The summed E-state index contributed by atoms with van der Waals surface area (Å²) in [4.78, 5) is 16.8. The minimum absolute atomic E-state index is 0.129. The van der Waals surface area contributed by atoms with Crippen LogP contribution in [-0.4, -0.2) is 47.4 Å². The summed E-state index contributed by atoms with van der Waals surface area (Å²) < 4.78 is 0. The van der Waals surface area contributed by atoms with Crippen molar-refractivity contribution >= 4 is 5.91 Å². The second-order valence-electron chi connectivity index (χ2n) is 6.89. The topological polar surface area (TPSA) is 49.6 Å². The maximum Gasteiger partial charge on any atom is 0.239 e. The number of benzene rings is 1. The van der Waals surface area contributed by atoms with Crippen molar-refractivity contribution in [2.24, 2.45) is 11.7 Å². The highest BCUT2D eigenvalue weighted by molar-refractivity contribution is 5.81. The number of nitrogens with zero attached hydrogens (tertiary/aromatic N) is 2. The van der Waals surface area contributed by atoms with E-state index in [1.54, 1.807) is 6.92 Å². The molecule has 3 rings (SSSR count). The molecular formula is C18H27N3O. The van der Waals surface area contributed by atoms with Crippen LogP contribution >= 0.6 is 0 Å². The molecule has 1 unspecified atom stereocenters. The van der Waals surface area contributed by atoms with Crippen LogP contribution in [0.3, 0.4) is 0 Å². The predicted octanol–water partition coefficient (Wildman–Crippen LogP) is 1.85. The number of hydrogen-bond donors (Lipinski definition) is 1. The van der Waals surface area contributed by atoms with Crippen molar-refractivity contribution in [3.63, 3.8) is 0 Å². The van der Waals surface area contributed by atoms with Gasteiger partial charge in [-0.3, -0.25) is 9.69 Å². The van der Waals surface area contributed by atoms with Gasteiger partial charge in [-0.15, -0.1) is 0 Å². The van der Waals surface area contributed by atoms with Gasteiger partial charge in [-0.2, -0.15) is 0 Å². The van der Waals surface area contributed by atoms with Crippen LogP contribution in [0.25, 0.3) is 0 Å². The summed E-state index contributed by atoms with van der Waals surface area (Å²) in [5.74, 6) is 0.719. The number of carbonyl (C=O) groups excluding carboxylic acids is 1. The highest BCUT2D eigenvalue weighted by Gasteiger charge is 2.36. The van der Waals surface area contributed by atoms with Crippen LogP contribution < -0.4 is 5.73 Å². The molecule has 1 aliphatic heterocycles. The van der Waals surface area contributed by atoms with E-state index in [9.17, 15) is 4.79 Å². The molecule has 1 heterocycles. The Hall–Kier alpha value is -1.39. The summed E-state index contributed by atoms with van der Waals surface area (Å²) >= 11 is 0. The van der Waals surface area contributed by atoms with E-state index in [-0.39, 0.29) is 11.9 Å². The van der Waals surface area contributed by atoms with Gasteiger partial charge < -0.3 is 10.6 Å². The standard InChI is InChI=1S/C18H27N3O/c1-14(19)18(22)21(17-7-8-17)13-16-9-10-20(12-16)11-15-5-3-2-4-6-15/h2-6,14,16-17H,7-13,19H2,1H3/t14-,16?/m0/s1. The summed E-state index contributed by atoms with van der Waals surface area (Å²) in [6.45, 7) is 5.92. The first kappa shape index (κ1) is 15.5. The third-order valence-electron chi connectivity index (χ3n) is 4.73. The number of nitrogens with two attached hydrogens (primary N) is 1. The lowest BCUT2D eigenvalue weighted by molar-refractivity contribution is -0.133. The summed E-state index contributed by atoms with van der Waals surface area (Å²) in [5.41, 5.74) is 7.17. The van der Waals surface area contributed by atoms with Crippen LogP contribution in [0.2, 0.25) is 0 Å². The third-order valence-corrected chi connectivity index (χ3v) is 4.73. The van der Waals surface area contributed by atoms with Crippen molar-refractivity contribution in [3.8, 4) is 0 Å². The Morgan fingerprint density at radius 2 is 2.05 bits per heavy atom. The summed E-state index contributed by atoms with van der Waals surface area (Å²) in [6.07, 6.45) is 3.49. The minimum atomic E-state index is -0.373. The highest BCUT2D eigenvalue weighted by atomic mass is 16.2. The van der Waals surface area contributed by atoms with Crippen molar-refractivity contribution in [2.45, 2.75) is 44.8 Å². The van der Waals surface area contributed by atoms with Crippen LogP contribution in [0.15, 0.2) is 30.3 Å². The van der Waals surface area contributed by atoms with E-state index in [0.29, 0.717) is 12.0 Å². The number of rotatable bonds is 6. The van der Waals surface area contributed by atoms with Crippen molar-refractivity contribution in [1.82, 2.24) is 9.80 Å². The molecule has 2 N–H and O–H groups in total. The van der Waals surface area contributed by atoms with Gasteiger partial charge in [0.15, 0.2) is 0 Å². The van der Waals surface area contributed by atoms with Gasteiger partial charge in [0.1, 0.15) is 0 Å². The smallest absolute Gasteiger partial charge is 0.239 e. The van der Waals surface area contributed by atoms with Crippen LogP contribution in [0.4, 0.5) is 0 Å². The molecule has 4 nitrogen and oxygen atoms in total. The first-order valence-corrected chi connectivity index (χ1v) is 8.46. The highest BCUT2D eigenvalue weighted by Crippen LogP contribution is 2.30. The van der Waals surface area contributed by atoms with Gasteiger partial charge in [0, 0.05) is 25.7 Å². The molecule has 2 aliphatic rings. The number of likely N-dealkylation sites (tertiary alicyclic amines) is 1. The zero-order chi connectivity index (χ0) is 15.5. The Bertz CT molecular complexity index is 498. The molecule has 22 heavy (non-hydrogen) atoms. The average Bonchev–Trinajstić information content (AvgIpc) is 3.26. The normalized spacial score (nSPS) is 23.5. The maximum absolute atomic E-state index is 12.3. The molecular weight excluding hydrogens is 274 g/mol. The van der Waals surface area contributed by atoms with Gasteiger partial charge in [-0.25, -0.2) is 0 Å². The molecule has 0 radical (unpaired) electrons. The van der Waals surface area contributed by atoms with Gasteiger partial charge in [0.05, 0.1) is 6.04 Å². The largest absolute Gasteiger partial charge is 0.338 e. The zero-order valence-electron chi connectivity index (χ0n) is 13.4. The molecule has 1 aromatic carbocycles. The third kappa shape index (κ3) is 3.87. The molecule has 1 aromatic rings. The van der Waals surface area contributed by atoms with E-state index in [1.165, 1.54) is 12.0 Å². The molecule has 1 aliphatic carbocycles. The van der Waals surface area contributed by atoms with E-state index in [0.717, 1.165) is 39.0 Å². The summed E-state index contributed by atoms with van der Waals surface area (Å²) in [7, 11) is 0. The Morgan fingerprint density at radius 3 is 2.68 bits per heavy atom. The maximum atomic E-state index is 12.3. The number of carbonyl (C=O) groups is 1. The lowest BCUT2D eigenvalue weighted by Crippen LogP contribution is -2.45.